The monoisotopic (exact) mass is 521 g/mol. The smallest absolute Gasteiger partial charge is 0.120 e. The number of fused-ring (bicyclic) bond motifs is 1. The van der Waals surface area contributed by atoms with Crippen molar-refractivity contribution in [2.75, 3.05) is 26.1 Å². The van der Waals surface area contributed by atoms with Crippen LogP contribution in [0.3, 0.4) is 0 Å². The molecule has 0 saturated carbocycles. The largest absolute Gasteiger partial charge is 0.497 e. The minimum atomic E-state index is 0.000450. The molecule has 4 aromatic carbocycles. The number of hydrogen-bond acceptors (Lipinski definition) is 4. The molecule has 1 atom stereocenters. The van der Waals surface area contributed by atoms with Crippen LogP contribution in [0, 0.1) is 0 Å². The van der Waals surface area contributed by atoms with Crippen LogP contribution in [-0.2, 0) is 24.9 Å². The fourth-order valence-corrected chi connectivity index (χ4v) is 5.88. The van der Waals surface area contributed by atoms with Crippen LogP contribution in [0.25, 0.3) is 0 Å². The molecule has 5 rings (SSSR count). The molecule has 0 heterocycles. The first-order chi connectivity index (χ1) is 19.0. The normalized spacial score (nSPS) is 15.7. The van der Waals surface area contributed by atoms with E-state index in [2.05, 4.69) is 92.0 Å². The zero-order chi connectivity index (χ0) is 27.2. The van der Waals surface area contributed by atoms with Gasteiger partial charge in [-0.1, -0.05) is 68.4 Å². The third kappa shape index (κ3) is 6.06. The van der Waals surface area contributed by atoms with Crippen LogP contribution in [0.15, 0.2) is 91.0 Å². The molecule has 0 amide bonds. The van der Waals surface area contributed by atoms with E-state index in [-0.39, 0.29) is 5.41 Å². The molecule has 1 N–H and O–H groups in total. The average Bonchev–Trinajstić information content (AvgIpc) is 2.97. The van der Waals surface area contributed by atoms with E-state index in [0.717, 1.165) is 48.7 Å². The van der Waals surface area contributed by atoms with Crippen molar-refractivity contribution in [1.29, 1.82) is 0 Å². The predicted octanol–water partition coefficient (Wildman–Crippen LogP) is 7.95. The topological polar surface area (TPSA) is 39.7 Å². The highest BCUT2D eigenvalue weighted by Gasteiger charge is 2.38. The van der Waals surface area contributed by atoms with Gasteiger partial charge in [-0.15, -0.1) is 0 Å². The lowest BCUT2D eigenvalue weighted by molar-refractivity contribution is 0.306. The first kappa shape index (κ1) is 26.7. The summed E-state index contributed by atoms with van der Waals surface area (Å²) in [6.45, 7) is 6.16. The second kappa shape index (κ2) is 11.9. The number of methoxy groups -OCH3 is 2. The fraction of sp³-hybridized carbons (Fsp3) is 0.314. The highest BCUT2D eigenvalue weighted by atomic mass is 16.5. The zero-order valence-electron chi connectivity index (χ0n) is 23.5. The molecular weight excluding hydrogens is 482 g/mol. The van der Waals surface area contributed by atoms with Crippen molar-refractivity contribution < 1.29 is 14.2 Å². The lowest BCUT2D eigenvalue weighted by Crippen LogP contribution is -2.33. The molecule has 0 spiro atoms. The second-order valence-electron chi connectivity index (χ2n) is 10.9. The fourth-order valence-electron chi connectivity index (χ4n) is 5.88. The Hall–Kier alpha value is -3.92. The van der Waals surface area contributed by atoms with E-state index in [9.17, 15) is 0 Å². The third-order valence-electron chi connectivity index (χ3n) is 8.12. The second-order valence-corrected chi connectivity index (χ2v) is 10.9. The number of hydrogen-bond donors (Lipinski definition) is 1. The summed E-state index contributed by atoms with van der Waals surface area (Å²) >= 11 is 0. The van der Waals surface area contributed by atoms with E-state index in [1.807, 2.05) is 18.2 Å². The Labute approximate surface area is 233 Å². The van der Waals surface area contributed by atoms with Crippen molar-refractivity contribution in [3.8, 4) is 17.2 Å². The number of nitrogens with one attached hydrogen (secondary N) is 1. The van der Waals surface area contributed by atoms with Crippen LogP contribution >= 0.6 is 0 Å². The van der Waals surface area contributed by atoms with E-state index in [0.29, 0.717) is 12.5 Å². The van der Waals surface area contributed by atoms with E-state index >= 15 is 0 Å². The molecule has 4 nitrogen and oxygen atoms in total. The Balaban J connectivity index is 1.27. The van der Waals surface area contributed by atoms with Crippen LogP contribution in [0.4, 0.5) is 5.69 Å². The summed E-state index contributed by atoms with van der Waals surface area (Å²) < 4.78 is 17.0. The summed E-state index contributed by atoms with van der Waals surface area (Å²) in [5.74, 6) is 3.10. The maximum Gasteiger partial charge on any atom is 0.120 e. The van der Waals surface area contributed by atoms with Gasteiger partial charge < -0.3 is 19.5 Å². The van der Waals surface area contributed by atoms with Gasteiger partial charge in [-0.2, -0.15) is 0 Å². The van der Waals surface area contributed by atoms with E-state index in [1.165, 1.54) is 27.8 Å². The van der Waals surface area contributed by atoms with E-state index in [1.54, 1.807) is 14.2 Å². The molecule has 1 unspecified atom stereocenters. The molecule has 202 valence electrons. The van der Waals surface area contributed by atoms with Gasteiger partial charge in [0.2, 0.25) is 0 Å². The van der Waals surface area contributed by atoms with Gasteiger partial charge >= 0.3 is 0 Å². The van der Waals surface area contributed by atoms with Gasteiger partial charge in [0.1, 0.15) is 23.9 Å². The number of aryl methyl sites for hydroxylation is 1. The van der Waals surface area contributed by atoms with Gasteiger partial charge in [-0.25, -0.2) is 0 Å². The summed E-state index contributed by atoms with van der Waals surface area (Å²) in [5.41, 5.74) is 7.77. The number of benzene rings is 4. The maximum absolute atomic E-state index is 5.95. The lowest BCUT2D eigenvalue weighted by atomic mass is 9.63. The van der Waals surface area contributed by atoms with Crippen molar-refractivity contribution >= 4 is 5.69 Å². The van der Waals surface area contributed by atoms with Crippen LogP contribution in [0.2, 0.25) is 0 Å². The van der Waals surface area contributed by atoms with Gasteiger partial charge in [0, 0.05) is 18.3 Å². The molecule has 0 bridgehead atoms. The molecule has 1 aliphatic carbocycles. The molecule has 0 fully saturated rings. The Kier molecular flexibility index (Phi) is 8.11. The molecule has 1 aliphatic rings. The highest BCUT2D eigenvalue weighted by molar-refractivity contribution is 5.59. The molecule has 4 aromatic rings. The quantitative estimate of drug-likeness (QED) is 0.230. The summed E-state index contributed by atoms with van der Waals surface area (Å²) in [5, 5.41) is 3.74. The molecular formula is C35H39NO3. The standard InChI is InChI=1S/C35H39NO3/c1-35(2)32-19-16-29(37-3)22-27(32)12-18-33(35)31-17-15-30(38-4)23-34(31)36-21-20-25-10-13-28(14-11-25)39-24-26-8-6-5-7-9-26/h5-11,13-17,19,22-23,33,36H,12,18,20-21,24H2,1-4H3. The molecule has 4 heteroatoms. The number of ether oxygens (including phenoxy) is 3. The summed E-state index contributed by atoms with van der Waals surface area (Å²) in [7, 11) is 3.47. The van der Waals surface area contributed by atoms with E-state index in [4.69, 9.17) is 14.2 Å². The zero-order valence-corrected chi connectivity index (χ0v) is 23.5. The predicted molar refractivity (Wildman–Crippen MR) is 159 cm³/mol. The average molecular weight is 522 g/mol. The SMILES string of the molecule is COc1ccc2c(c1)CCC(c1ccc(OC)cc1NCCc1ccc(OCc3ccccc3)cc1)C2(C)C. The molecule has 0 radical (unpaired) electrons. The minimum Gasteiger partial charge on any atom is -0.497 e. The van der Waals surface area contributed by atoms with Crippen molar-refractivity contribution in [2.45, 2.75) is 51.0 Å². The van der Waals surface area contributed by atoms with Gasteiger partial charge in [0.25, 0.3) is 0 Å². The molecule has 0 saturated heterocycles. The Morgan fingerprint density at radius 2 is 1.46 bits per heavy atom. The first-order valence-corrected chi connectivity index (χ1v) is 13.8. The van der Waals surface area contributed by atoms with Gasteiger partial charge in [-0.3, -0.25) is 0 Å². The first-order valence-electron chi connectivity index (χ1n) is 13.8. The molecule has 39 heavy (non-hydrogen) atoms. The van der Waals surface area contributed by atoms with Crippen LogP contribution < -0.4 is 19.5 Å². The van der Waals surface area contributed by atoms with Crippen LogP contribution in [0.1, 0.15) is 54.0 Å². The van der Waals surface area contributed by atoms with Crippen LogP contribution in [0.5, 0.6) is 17.2 Å². The highest BCUT2D eigenvalue weighted by Crippen LogP contribution is 2.49. The summed E-state index contributed by atoms with van der Waals surface area (Å²) in [4.78, 5) is 0. The maximum atomic E-state index is 5.95. The van der Waals surface area contributed by atoms with Crippen molar-refractivity contribution in [3.63, 3.8) is 0 Å². The van der Waals surface area contributed by atoms with Crippen molar-refractivity contribution in [3.05, 3.63) is 119 Å². The van der Waals surface area contributed by atoms with Crippen molar-refractivity contribution in [2.24, 2.45) is 0 Å². The molecule has 0 aliphatic heterocycles. The number of rotatable bonds is 10. The third-order valence-corrected chi connectivity index (χ3v) is 8.12. The lowest BCUT2D eigenvalue weighted by Gasteiger charge is -2.42. The Bertz CT molecular complexity index is 1380. The molecule has 0 aromatic heterocycles. The van der Waals surface area contributed by atoms with E-state index < -0.39 is 0 Å². The Morgan fingerprint density at radius 3 is 2.21 bits per heavy atom. The van der Waals surface area contributed by atoms with Crippen LogP contribution in [-0.4, -0.2) is 20.8 Å². The summed E-state index contributed by atoms with van der Waals surface area (Å²) in [6.07, 6.45) is 3.07. The van der Waals surface area contributed by atoms with Gasteiger partial charge in [-0.05, 0) is 88.7 Å². The summed E-state index contributed by atoms with van der Waals surface area (Å²) in [6, 6.07) is 31.7. The van der Waals surface area contributed by atoms with Crippen molar-refractivity contribution in [1.82, 2.24) is 0 Å². The van der Waals surface area contributed by atoms with Gasteiger partial charge in [0.15, 0.2) is 0 Å². The minimum absolute atomic E-state index is 0.000450. The Morgan fingerprint density at radius 1 is 0.769 bits per heavy atom. The van der Waals surface area contributed by atoms with Gasteiger partial charge in [0.05, 0.1) is 14.2 Å². The number of anilines is 1.